The second-order valence-corrected chi connectivity index (χ2v) is 10.4. The topological polar surface area (TPSA) is 188 Å². The predicted molar refractivity (Wildman–Crippen MR) is 207 cm³/mol. The number of hydrogen-bond donors (Lipinski definition) is 1. The van der Waals surface area contributed by atoms with Crippen LogP contribution in [0.3, 0.4) is 0 Å². The molecule has 0 saturated heterocycles. The van der Waals surface area contributed by atoms with E-state index >= 15 is 0 Å². The summed E-state index contributed by atoms with van der Waals surface area (Å²) in [5.74, 6) is 1.60. The zero-order chi connectivity index (χ0) is 37.8. The van der Waals surface area contributed by atoms with Crippen molar-refractivity contribution < 1.29 is 43.3 Å². The average Bonchev–Trinajstić information content (AvgIpc) is 3.66. The number of imidazole rings is 1. The second kappa shape index (κ2) is 22.3. The average molecular weight is 840 g/mol. The van der Waals surface area contributed by atoms with Crippen molar-refractivity contribution in [3.63, 3.8) is 0 Å². The number of hydrogen-bond acceptors (Lipinski definition) is 13. The van der Waals surface area contributed by atoms with Crippen LogP contribution in [0.4, 0.5) is 0 Å². The van der Waals surface area contributed by atoms with Crippen LogP contribution in [0, 0.1) is 10.7 Å². The number of ether oxygens (including phenoxy) is 3. The van der Waals surface area contributed by atoms with Gasteiger partial charge in [0.2, 0.25) is 0 Å². The quantitative estimate of drug-likeness (QED) is 0.0221. The number of carbonyl (C=O) groups is 2. The van der Waals surface area contributed by atoms with E-state index in [1.807, 2.05) is 60.7 Å². The molecule has 0 radical (unpaired) electrons. The van der Waals surface area contributed by atoms with Crippen molar-refractivity contribution in [1.29, 1.82) is 5.26 Å². The summed E-state index contributed by atoms with van der Waals surface area (Å²) in [6.45, 7) is 0.689. The monoisotopic (exact) mass is 840 g/mol. The van der Waals surface area contributed by atoms with Gasteiger partial charge in [0.15, 0.2) is 0 Å². The summed E-state index contributed by atoms with van der Waals surface area (Å²) in [5.41, 5.74) is 7.57. The van der Waals surface area contributed by atoms with Gasteiger partial charge >= 0.3 is 19.5 Å². The molecule has 5 aromatic heterocycles. The van der Waals surface area contributed by atoms with E-state index in [9.17, 15) is 9.59 Å². The number of thiocyanates is 1. The van der Waals surface area contributed by atoms with E-state index in [4.69, 9.17) is 20.4 Å². The first-order valence-corrected chi connectivity index (χ1v) is 15.9. The Labute approximate surface area is 332 Å². The summed E-state index contributed by atoms with van der Waals surface area (Å²) in [6, 6.07) is 23.0. The van der Waals surface area contributed by atoms with Crippen LogP contribution in [0.25, 0.3) is 73.2 Å². The number of nitrogens with zero attached hydrogens (tertiary/aromatic N) is 7. The molecule has 13 nitrogen and oxygen atoms in total. The third kappa shape index (κ3) is 11.2. The maximum absolute atomic E-state index is 10.1. The number of nitriles is 1. The van der Waals surface area contributed by atoms with Crippen molar-refractivity contribution in [3.05, 3.63) is 127 Å². The Morgan fingerprint density at radius 1 is 0.778 bits per heavy atom. The van der Waals surface area contributed by atoms with Crippen LogP contribution in [0.1, 0.15) is 11.1 Å². The van der Waals surface area contributed by atoms with Gasteiger partial charge in [-0.25, -0.2) is 10.2 Å². The first-order chi connectivity index (χ1) is 26.0. The number of aromatic nitrogens is 6. The molecule has 54 heavy (non-hydrogen) atoms. The Morgan fingerprint density at radius 3 is 1.85 bits per heavy atom. The van der Waals surface area contributed by atoms with E-state index in [0.717, 1.165) is 61.1 Å². The Balaban J connectivity index is 0.000000252. The predicted octanol–water partition coefficient (Wildman–Crippen LogP) is 7.44. The van der Waals surface area contributed by atoms with Gasteiger partial charge in [0.05, 0.1) is 53.1 Å². The number of H-pyrrole nitrogens is 1. The molecule has 0 aliphatic heterocycles. The molecule has 2 aromatic carbocycles. The number of aromatic amines is 1. The van der Waals surface area contributed by atoms with Crippen molar-refractivity contribution in [2.45, 2.75) is 0 Å². The molecule has 16 heteroatoms. The number of pyridine rings is 4. The van der Waals surface area contributed by atoms with Gasteiger partial charge in [-0.05, 0) is 83.9 Å². The molecule has 0 spiro atoms. The number of methoxy groups -OCH3 is 1. The van der Waals surface area contributed by atoms with E-state index in [1.165, 1.54) is 23.1 Å². The van der Waals surface area contributed by atoms with Crippen LogP contribution >= 0.6 is 12.2 Å². The largest absolute Gasteiger partial charge is 2.00 e. The smallest absolute Gasteiger partial charge is 0.753 e. The van der Waals surface area contributed by atoms with Crippen LogP contribution in [0.5, 0.6) is 5.75 Å². The van der Waals surface area contributed by atoms with Crippen molar-refractivity contribution >= 4 is 87.9 Å². The number of benzene rings is 2. The maximum atomic E-state index is 10.1. The van der Waals surface area contributed by atoms with Crippen LogP contribution in [0.15, 0.2) is 110 Å². The number of nitrogens with one attached hydrogen (secondary N) is 1. The third-order valence-corrected chi connectivity index (χ3v) is 7.03. The fraction of sp³-hybridized carbons (Fsp3) is 0.0263. The minimum atomic E-state index is 0. The fourth-order valence-electron chi connectivity index (χ4n) is 4.93. The third-order valence-electron chi connectivity index (χ3n) is 7.03. The van der Waals surface area contributed by atoms with Crippen LogP contribution in [0.2, 0.25) is 0 Å². The Morgan fingerprint density at radius 2 is 1.31 bits per heavy atom. The van der Waals surface area contributed by atoms with Crippen LogP contribution in [-0.2, 0) is 51.2 Å². The Kier molecular flexibility index (Phi) is 17.3. The minimum Gasteiger partial charge on any atom is -0.753 e. The molecule has 7 rings (SSSR count). The molecule has 0 fully saturated rings. The summed E-state index contributed by atoms with van der Waals surface area (Å²) < 4.78 is 14.3. The summed E-state index contributed by atoms with van der Waals surface area (Å²) in [5, 5.41) is 18.9. The normalized spacial score (nSPS) is 9.93. The molecule has 5 heterocycles. The van der Waals surface area contributed by atoms with E-state index < -0.39 is 0 Å². The van der Waals surface area contributed by atoms with Gasteiger partial charge in [-0.15, -0.1) is 0 Å². The number of isothiocyanates is 1. The summed E-state index contributed by atoms with van der Waals surface area (Å²) in [6.07, 6.45) is 12.7. The molecule has 0 aliphatic carbocycles. The molecule has 7 aromatic rings. The number of fused-ring (bicyclic) bond motifs is 6. The molecular weight excluding hydrogens is 814 g/mol. The first kappa shape index (κ1) is 41.8. The van der Waals surface area contributed by atoms with E-state index in [1.54, 1.807) is 56.2 Å². The Bertz CT molecular complexity index is 2350. The maximum Gasteiger partial charge on any atom is 2.00 e. The zero-order valence-corrected chi connectivity index (χ0v) is 31.4. The van der Waals surface area contributed by atoms with Gasteiger partial charge in [0, 0.05) is 41.1 Å². The second-order valence-electron chi connectivity index (χ2n) is 10.0. The van der Waals surface area contributed by atoms with Crippen molar-refractivity contribution in [2.24, 2.45) is 0 Å². The first-order valence-electron chi connectivity index (χ1n) is 15.1. The minimum absolute atomic E-state index is 0. The SMILES string of the molecule is COc1cccc(-c2nc3c4cccnc4c4ncccc4c3[nH]2)c1.N#C[S-].O=CO/C=C/c1ccnc(-c2cc(/C=C/OC=O)ccn2)c1.[N-]=C=S.[Ru+2]. The van der Waals surface area contributed by atoms with Gasteiger partial charge in [-0.1, -0.05) is 29.8 Å². The molecule has 0 bridgehead atoms. The van der Waals surface area contributed by atoms with Gasteiger partial charge in [-0.3, -0.25) is 29.5 Å². The van der Waals surface area contributed by atoms with Crippen molar-refractivity contribution in [1.82, 2.24) is 29.9 Å². The van der Waals surface area contributed by atoms with Crippen molar-refractivity contribution in [3.8, 4) is 33.9 Å². The number of thiocarbonyl (C=S) groups is 1. The van der Waals surface area contributed by atoms with Gasteiger partial charge in [-0.2, -0.15) is 5.16 Å². The van der Waals surface area contributed by atoms with E-state index in [2.05, 4.69) is 59.2 Å². The summed E-state index contributed by atoms with van der Waals surface area (Å²) >= 11 is 7.40. The van der Waals surface area contributed by atoms with Gasteiger partial charge in [0.25, 0.3) is 12.9 Å². The molecule has 1 N–H and O–H groups in total. The van der Waals surface area contributed by atoms with E-state index in [0.29, 0.717) is 24.3 Å². The number of carbonyl (C=O) groups excluding carboxylic acids is 2. The Hall–Kier alpha value is -6.62. The number of rotatable bonds is 9. The van der Waals surface area contributed by atoms with E-state index in [-0.39, 0.29) is 19.5 Å². The molecule has 0 amide bonds. The van der Waals surface area contributed by atoms with Gasteiger partial charge < -0.3 is 37.2 Å². The molecule has 0 aliphatic rings. The molecule has 268 valence electrons. The zero-order valence-electron chi connectivity index (χ0n) is 28.0. The van der Waals surface area contributed by atoms with Crippen LogP contribution < -0.4 is 4.74 Å². The molecule has 0 unspecified atom stereocenters. The van der Waals surface area contributed by atoms with Crippen LogP contribution in [-0.4, -0.2) is 55.1 Å². The summed E-state index contributed by atoms with van der Waals surface area (Å²) in [7, 11) is 1.66. The van der Waals surface area contributed by atoms with Gasteiger partial charge in [0.1, 0.15) is 11.6 Å². The molecular formula is C38H26N8O5RuS2. The fourth-order valence-corrected chi connectivity index (χ4v) is 4.93. The standard InChI is InChI=1S/C20H14N4O.C16H12N2O4.CHNS.CNS.Ru/c1-25-13-6-2-5-12(11-13)20-23-18-14-7-3-9-21-16(14)17-15(19(18)24-20)8-4-10-22-17;19-11-21-7-3-13-1-5-17-15(9-13)16-10-14(2-6-18-16)4-8-22-12-20;2*2-1-3;/h2-11H,1H3,(H,23,24);1-12H;3H;;/q;;;-1;+2/p-1/b;7-3+,8-4+;;;. The molecule has 0 atom stereocenters. The summed E-state index contributed by atoms with van der Waals surface area (Å²) in [4.78, 5) is 46.1. The van der Waals surface area contributed by atoms with Crippen molar-refractivity contribution in [2.75, 3.05) is 7.11 Å². The molecule has 0 saturated carbocycles.